The topological polar surface area (TPSA) is 69.2 Å². The van der Waals surface area contributed by atoms with Gasteiger partial charge in [0.1, 0.15) is 6.54 Å². The van der Waals surface area contributed by atoms with Crippen LogP contribution in [-0.4, -0.2) is 81.2 Å². The van der Waals surface area contributed by atoms with E-state index in [0.717, 1.165) is 45.6 Å². The number of likely N-dealkylation sites (tertiary alicyclic amines) is 1. The van der Waals surface area contributed by atoms with Gasteiger partial charge in [0.15, 0.2) is 5.96 Å². The molecule has 3 heterocycles. The number of aliphatic imine (C=N–C) groups is 1. The first kappa shape index (κ1) is 22.1. The Hall–Kier alpha value is -1.64. The highest BCUT2D eigenvalue weighted by Crippen LogP contribution is 2.27. The van der Waals surface area contributed by atoms with Crippen molar-refractivity contribution in [3.8, 4) is 0 Å². The number of nitrogens with one attached hydrogen (secondary N) is 2. The molecule has 2 N–H and O–H groups in total. The highest BCUT2D eigenvalue weighted by Gasteiger charge is 2.24. The average Bonchev–Trinajstić information content (AvgIpc) is 3.45. The summed E-state index contributed by atoms with van der Waals surface area (Å²) in [4.78, 5) is 22.1. The first-order valence-corrected chi connectivity index (χ1v) is 11.6. The molecule has 2 saturated heterocycles. The highest BCUT2D eigenvalue weighted by molar-refractivity contribution is 7.10. The van der Waals surface area contributed by atoms with E-state index < -0.39 is 0 Å². The summed E-state index contributed by atoms with van der Waals surface area (Å²) in [6.07, 6.45) is 6.16. The Labute approximate surface area is 178 Å². The van der Waals surface area contributed by atoms with Gasteiger partial charge >= 0.3 is 0 Å². The molecular formula is C21H35N5O2S. The Morgan fingerprint density at radius 3 is 2.79 bits per heavy atom. The summed E-state index contributed by atoms with van der Waals surface area (Å²) in [5.74, 6) is 0.685. The molecule has 1 amide bonds. The molecule has 8 heteroatoms. The summed E-state index contributed by atoms with van der Waals surface area (Å²) < 4.78 is 5.83. The Morgan fingerprint density at radius 1 is 1.31 bits per heavy atom. The molecule has 2 fully saturated rings. The molecule has 162 valence electrons. The summed E-state index contributed by atoms with van der Waals surface area (Å²) in [5.41, 5.74) is 0. The second-order valence-corrected chi connectivity index (χ2v) is 8.96. The van der Waals surface area contributed by atoms with Gasteiger partial charge in [-0.25, -0.2) is 4.99 Å². The summed E-state index contributed by atoms with van der Waals surface area (Å²) in [6.45, 7) is 4.74. The van der Waals surface area contributed by atoms with Gasteiger partial charge in [-0.15, -0.1) is 11.3 Å². The third kappa shape index (κ3) is 6.97. The van der Waals surface area contributed by atoms with Crippen LogP contribution in [0, 0.1) is 0 Å². The standard InChI is InChI=1S/C21H35N5O2S/c1-25(2)20(27)16-24-21(22-14-17-8-3-6-12-28-17)23-15-18(19-9-7-13-29-19)26-10-4-5-11-26/h7,9,13,17-18H,3-6,8,10-12,14-16H2,1-2H3,(H2,22,23,24). The molecule has 0 aromatic carbocycles. The number of hydrogen-bond acceptors (Lipinski definition) is 5. The Morgan fingerprint density at radius 2 is 2.14 bits per heavy atom. The number of ether oxygens (including phenoxy) is 1. The van der Waals surface area contributed by atoms with E-state index in [4.69, 9.17) is 4.74 Å². The van der Waals surface area contributed by atoms with Crippen molar-refractivity contribution in [1.82, 2.24) is 20.4 Å². The van der Waals surface area contributed by atoms with Crippen molar-refractivity contribution in [3.05, 3.63) is 22.4 Å². The number of rotatable bonds is 8. The van der Waals surface area contributed by atoms with Crippen molar-refractivity contribution >= 4 is 23.2 Å². The third-order valence-corrected chi connectivity index (χ3v) is 6.53. The lowest BCUT2D eigenvalue weighted by atomic mass is 10.1. The maximum absolute atomic E-state index is 12.0. The van der Waals surface area contributed by atoms with E-state index in [1.807, 2.05) is 0 Å². The van der Waals surface area contributed by atoms with E-state index in [1.54, 1.807) is 30.3 Å². The second kappa shape index (κ2) is 11.5. The molecule has 0 saturated carbocycles. The summed E-state index contributed by atoms with van der Waals surface area (Å²) >= 11 is 1.81. The van der Waals surface area contributed by atoms with Gasteiger partial charge in [0, 0.05) is 38.7 Å². The van der Waals surface area contributed by atoms with E-state index in [1.165, 1.54) is 24.1 Å². The van der Waals surface area contributed by atoms with Crippen LogP contribution < -0.4 is 10.6 Å². The fraction of sp³-hybridized carbons (Fsp3) is 0.714. The molecule has 7 nitrogen and oxygen atoms in total. The van der Waals surface area contributed by atoms with Gasteiger partial charge in [-0.1, -0.05) is 6.07 Å². The Kier molecular flexibility index (Phi) is 8.76. The Bertz CT molecular complexity index is 638. The van der Waals surface area contributed by atoms with Gasteiger partial charge in [-0.3, -0.25) is 9.69 Å². The van der Waals surface area contributed by atoms with Crippen molar-refractivity contribution in [2.24, 2.45) is 4.99 Å². The lowest BCUT2D eigenvalue weighted by Crippen LogP contribution is -2.46. The zero-order chi connectivity index (χ0) is 20.5. The van der Waals surface area contributed by atoms with Crippen LogP contribution in [0.25, 0.3) is 0 Å². The lowest BCUT2D eigenvalue weighted by Gasteiger charge is -2.28. The zero-order valence-electron chi connectivity index (χ0n) is 17.7. The minimum absolute atomic E-state index is 0.00522. The molecule has 0 bridgehead atoms. The van der Waals surface area contributed by atoms with Gasteiger partial charge in [0.05, 0.1) is 12.1 Å². The van der Waals surface area contributed by atoms with Crippen molar-refractivity contribution < 1.29 is 9.53 Å². The molecule has 29 heavy (non-hydrogen) atoms. The number of thiophene rings is 1. The van der Waals surface area contributed by atoms with Gasteiger partial charge in [-0.2, -0.15) is 0 Å². The fourth-order valence-electron chi connectivity index (χ4n) is 3.78. The summed E-state index contributed by atoms with van der Waals surface area (Å²) in [5, 5.41) is 9.04. The fourth-order valence-corrected chi connectivity index (χ4v) is 4.64. The SMILES string of the molecule is CN(C)C(=O)CN=C(NCC1CCCCO1)NCC(c1cccs1)N1CCCC1. The van der Waals surface area contributed by atoms with E-state index in [2.05, 4.69) is 38.0 Å². The number of likely N-dealkylation sites (N-methyl/N-ethyl adjacent to an activating group) is 1. The molecule has 2 unspecified atom stereocenters. The van der Waals surface area contributed by atoms with Crippen LogP contribution in [0.1, 0.15) is 43.0 Å². The smallest absolute Gasteiger partial charge is 0.243 e. The number of carbonyl (C=O) groups is 1. The summed E-state index contributed by atoms with van der Waals surface area (Å²) in [7, 11) is 3.52. The predicted octanol–water partition coefficient (Wildman–Crippen LogP) is 2.08. The van der Waals surface area contributed by atoms with Crippen LogP contribution in [-0.2, 0) is 9.53 Å². The monoisotopic (exact) mass is 421 g/mol. The van der Waals surface area contributed by atoms with E-state index >= 15 is 0 Å². The predicted molar refractivity (Wildman–Crippen MR) is 118 cm³/mol. The van der Waals surface area contributed by atoms with Crippen LogP contribution in [0.2, 0.25) is 0 Å². The maximum atomic E-state index is 12.0. The molecule has 0 aliphatic carbocycles. The van der Waals surface area contributed by atoms with Crippen molar-refractivity contribution in [2.45, 2.75) is 44.2 Å². The Balaban J connectivity index is 1.61. The van der Waals surface area contributed by atoms with Crippen molar-refractivity contribution in [1.29, 1.82) is 0 Å². The quantitative estimate of drug-likeness (QED) is 0.497. The number of amides is 1. The van der Waals surface area contributed by atoms with Crippen LogP contribution in [0.5, 0.6) is 0 Å². The third-order valence-electron chi connectivity index (χ3n) is 5.56. The first-order valence-electron chi connectivity index (χ1n) is 10.7. The first-order chi connectivity index (χ1) is 14.1. The van der Waals surface area contributed by atoms with Crippen LogP contribution in [0.4, 0.5) is 0 Å². The van der Waals surface area contributed by atoms with Gasteiger partial charge in [-0.05, 0) is 56.6 Å². The largest absolute Gasteiger partial charge is 0.376 e. The second-order valence-electron chi connectivity index (χ2n) is 7.98. The molecule has 0 radical (unpaired) electrons. The summed E-state index contributed by atoms with van der Waals surface area (Å²) in [6, 6.07) is 4.66. The zero-order valence-corrected chi connectivity index (χ0v) is 18.5. The van der Waals surface area contributed by atoms with Gasteiger partial charge < -0.3 is 20.3 Å². The molecule has 2 aliphatic rings. The van der Waals surface area contributed by atoms with Crippen molar-refractivity contribution in [2.75, 3.05) is 53.4 Å². The molecule has 0 spiro atoms. The van der Waals surface area contributed by atoms with E-state index in [9.17, 15) is 4.79 Å². The number of nitrogens with zero attached hydrogens (tertiary/aromatic N) is 3. The molecule has 2 aliphatic heterocycles. The van der Waals surface area contributed by atoms with Gasteiger partial charge in [0.25, 0.3) is 0 Å². The highest BCUT2D eigenvalue weighted by atomic mass is 32.1. The number of hydrogen-bond donors (Lipinski definition) is 2. The van der Waals surface area contributed by atoms with Crippen molar-refractivity contribution in [3.63, 3.8) is 0 Å². The average molecular weight is 422 g/mol. The number of guanidine groups is 1. The number of carbonyl (C=O) groups excluding carboxylic acids is 1. The molecular weight excluding hydrogens is 386 g/mol. The lowest BCUT2D eigenvalue weighted by molar-refractivity contribution is -0.127. The van der Waals surface area contributed by atoms with Crippen LogP contribution >= 0.6 is 11.3 Å². The van der Waals surface area contributed by atoms with Crippen LogP contribution in [0.3, 0.4) is 0 Å². The molecule has 1 aromatic rings. The van der Waals surface area contributed by atoms with E-state index in [-0.39, 0.29) is 18.6 Å². The normalized spacial score (nSPS) is 21.7. The minimum Gasteiger partial charge on any atom is -0.376 e. The molecule has 1 aromatic heterocycles. The van der Waals surface area contributed by atoms with Gasteiger partial charge in [0.2, 0.25) is 5.91 Å². The van der Waals surface area contributed by atoms with E-state index in [0.29, 0.717) is 12.0 Å². The minimum atomic E-state index is -0.00522. The molecule has 3 rings (SSSR count). The van der Waals surface area contributed by atoms with Crippen LogP contribution in [0.15, 0.2) is 22.5 Å². The molecule has 2 atom stereocenters. The maximum Gasteiger partial charge on any atom is 0.243 e.